The van der Waals surface area contributed by atoms with Crippen LogP contribution in [-0.2, 0) is 4.74 Å². The molecule has 1 atom stereocenters. The standard InChI is InChI=1S/C11H17ClN2O/c1-9-3-4-11(13-7-9)14-10(5-6-12)8-15-2/h3-4,7,10H,5-6,8H2,1-2H3,(H,13,14). The summed E-state index contributed by atoms with van der Waals surface area (Å²) in [4.78, 5) is 4.27. The lowest BCUT2D eigenvalue weighted by Crippen LogP contribution is -2.25. The van der Waals surface area contributed by atoms with Crippen LogP contribution in [0, 0.1) is 6.92 Å². The molecule has 0 bridgehead atoms. The lowest BCUT2D eigenvalue weighted by Gasteiger charge is -2.17. The van der Waals surface area contributed by atoms with Gasteiger partial charge in [0.15, 0.2) is 0 Å². The minimum absolute atomic E-state index is 0.225. The summed E-state index contributed by atoms with van der Waals surface area (Å²) in [5.74, 6) is 1.49. The van der Waals surface area contributed by atoms with Crippen LogP contribution < -0.4 is 5.32 Å². The Morgan fingerprint density at radius 1 is 1.53 bits per heavy atom. The molecule has 1 N–H and O–H groups in total. The van der Waals surface area contributed by atoms with Gasteiger partial charge in [-0.1, -0.05) is 6.07 Å². The average molecular weight is 229 g/mol. The highest BCUT2D eigenvalue weighted by atomic mass is 35.5. The van der Waals surface area contributed by atoms with Gasteiger partial charge in [-0.25, -0.2) is 4.98 Å². The zero-order valence-electron chi connectivity index (χ0n) is 9.16. The van der Waals surface area contributed by atoms with Crippen LogP contribution in [0.25, 0.3) is 0 Å². The molecule has 84 valence electrons. The number of alkyl halides is 1. The number of hydrogen-bond donors (Lipinski definition) is 1. The van der Waals surface area contributed by atoms with Crippen molar-refractivity contribution in [2.24, 2.45) is 0 Å². The summed E-state index contributed by atoms with van der Waals surface area (Å²) in [7, 11) is 1.69. The Morgan fingerprint density at radius 2 is 2.33 bits per heavy atom. The topological polar surface area (TPSA) is 34.1 Å². The first-order valence-electron chi connectivity index (χ1n) is 5.00. The third kappa shape index (κ3) is 4.49. The third-order valence-corrected chi connectivity index (χ3v) is 2.31. The Bertz CT molecular complexity index is 270. The van der Waals surface area contributed by atoms with Gasteiger partial charge in [-0.05, 0) is 25.0 Å². The smallest absolute Gasteiger partial charge is 0.126 e. The number of halogens is 1. The zero-order chi connectivity index (χ0) is 11.1. The Labute approximate surface area is 95.8 Å². The first-order valence-corrected chi connectivity index (χ1v) is 5.54. The number of rotatable bonds is 6. The fourth-order valence-corrected chi connectivity index (χ4v) is 1.56. The van der Waals surface area contributed by atoms with Gasteiger partial charge in [-0.2, -0.15) is 0 Å². The quantitative estimate of drug-likeness (QED) is 0.760. The van der Waals surface area contributed by atoms with Crippen molar-refractivity contribution in [3.63, 3.8) is 0 Å². The fraction of sp³-hybridized carbons (Fsp3) is 0.545. The van der Waals surface area contributed by atoms with Gasteiger partial charge in [-0.15, -0.1) is 11.6 Å². The molecule has 0 saturated carbocycles. The summed E-state index contributed by atoms with van der Waals surface area (Å²) in [6.07, 6.45) is 2.71. The number of ether oxygens (including phenoxy) is 1. The Balaban J connectivity index is 2.53. The third-order valence-electron chi connectivity index (χ3n) is 2.09. The predicted molar refractivity (Wildman–Crippen MR) is 63.6 cm³/mol. The highest BCUT2D eigenvalue weighted by Gasteiger charge is 2.07. The van der Waals surface area contributed by atoms with E-state index in [-0.39, 0.29) is 6.04 Å². The van der Waals surface area contributed by atoms with Crippen molar-refractivity contribution in [3.8, 4) is 0 Å². The molecule has 0 amide bonds. The number of pyridine rings is 1. The first-order chi connectivity index (χ1) is 7.26. The van der Waals surface area contributed by atoms with Gasteiger partial charge in [0.1, 0.15) is 5.82 Å². The Kier molecular flexibility index (Phi) is 5.43. The molecule has 0 spiro atoms. The van der Waals surface area contributed by atoms with E-state index in [4.69, 9.17) is 16.3 Å². The van der Waals surface area contributed by atoms with E-state index in [0.29, 0.717) is 12.5 Å². The van der Waals surface area contributed by atoms with Crippen LogP contribution in [-0.4, -0.2) is 30.6 Å². The van der Waals surface area contributed by atoms with E-state index in [1.807, 2.05) is 25.3 Å². The van der Waals surface area contributed by atoms with Crippen LogP contribution >= 0.6 is 11.6 Å². The van der Waals surface area contributed by atoms with E-state index in [9.17, 15) is 0 Å². The maximum atomic E-state index is 5.71. The molecule has 0 aromatic carbocycles. The number of hydrogen-bond acceptors (Lipinski definition) is 3. The fourth-order valence-electron chi connectivity index (χ4n) is 1.29. The summed E-state index contributed by atoms with van der Waals surface area (Å²) >= 11 is 5.71. The van der Waals surface area contributed by atoms with Crippen LogP contribution in [0.4, 0.5) is 5.82 Å². The zero-order valence-corrected chi connectivity index (χ0v) is 9.92. The summed E-state index contributed by atoms with van der Waals surface area (Å²) < 4.78 is 5.10. The molecule has 0 fully saturated rings. The minimum atomic E-state index is 0.225. The van der Waals surface area contributed by atoms with Gasteiger partial charge in [-0.3, -0.25) is 0 Å². The minimum Gasteiger partial charge on any atom is -0.383 e. The van der Waals surface area contributed by atoms with Crippen molar-refractivity contribution in [1.29, 1.82) is 0 Å². The molecule has 0 saturated heterocycles. The van der Waals surface area contributed by atoms with E-state index < -0.39 is 0 Å². The maximum Gasteiger partial charge on any atom is 0.126 e. The van der Waals surface area contributed by atoms with Gasteiger partial charge in [0, 0.05) is 19.2 Å². The summed E-state index contributed by atoms with van der Waals surface area (Å²) in [6, 6.07) is 4.22. The van der Waals surface area contributed by atoms with Gasteiger partial charge in [0.2, 0.25) is 0 Å². The summed E-state index contributed by atoms with van der Waals surface area (Å²) in [5, 5.41) is 3.29. The highest BCUT2D eigenvalue weighted by Crippen LogP contribution is 2.08. The van der Waals surface area contributed by atoms with E-state index >= 15 is 0 Å². The van der Waals surface area contributed by atoms with Gasteiger partial charge < -0.3 is 10.1 Å². The van der Waals surface area contributed by atoms with Crippen molar-refractivity contribution < 1.29 is 4.74 Å². The average Bonchev–Trinajstić information content (AvgIpc) is 2.22. The number of nitrogens with one attached hydrogen (secondary N) is 1. The highest BCUT2D eigenvalue weighted by molar-refractivity contribution is 6.17. The van der Waals surface area contributed by atoms with E-state index in [2.05, 4.69) is 10.3 Å². The van der Waals surface area contributed by atoms with E-state index in [1.54, 1.807) is 7.11 Å². The molecule has 1 aromatic heterocycles. The monoisotopic (exact) mass is 228 g/mol. The van der Waals surface area contributed by atoms with Gasteiger partial charge in [0.05, 0.1) is 12.6 Å². The van der Waals surface area contributed by atoms with E-state index in [1.165, 1.54) is 0 Å². The second kappa shape index (κ2) is 6.64. The van der Waals surface area contributed by atoms with E-state index in [0.717, 1.165) is 17.8 Å². The van der Waals surface area contributed by atoms with Crippen molar-refractivity contribution in [1.82, 2.24) is 4.98 Å². The molecule has 1 rings (SSSR count). The second-order valence-corrected chi connectivity index (χ2v) is 3.87. The lowest BCUT2D eigenvalue weighted by molar-refractivity contribution is 0.184. The molecule has 0 aliphatic rings. The van der Waals surface area contributed by atoms with Gasteiger partial charge in [0.25, 0.3) is 0 Å². The van der Waals surface area contributed by atoms with Crippen molar-refractivity contribution >= 4 is 17.4 Å². The molecule has 0 aliphatic heterocycles. The number of anilines is 1. The molecule has 3 nitrogen and oxygen atoms in total. The number of aryl methyl sites for hydroxylation is 1. The first kappa shape index (κ1) is 12.3. The molecule has 1 unspecified atom stereocenters. The van der Waals surface area contributed by atoms with Crippen LogP contribution in [0.15, 0.2) is 18.3 Å². The number of nitrogens with zero attached hydrogens (tertiary/aromatic N) is 1. The van der Waals surface area contributed by atoms with Crippen LogP contribution in [0.5, 0.6) is 0 Å². The molecule has 1 aromatic rings. The molecular formula is C11H17ClN2O. The predicted octanol–water partition coefficient (Wildman–Crippen LogP) is 2.45. The Morgan fingerprint density at radius 3 is 2.87 bits per heavy atom. The largest absolute Gasteiger partial charge is 0.383 e. The Hall–Kier alpha value is -0.800. The van der Waals surface area contributed by atoms with Crippen molar-refractivity contribution in [2.75, 3.05) is 24.9 Å². The molecule has 0 aliphatic carbocycles. The number of methoxy groups -OCH3 is 1. The molecule has 15 heavy (non-hydrogen) atoms. The number of aromatic nitrogens is 1. The van der Waals surface area contributed by atoms with Crippen LogP contribution in [0.1, 0.15) is 12.0 Å². The normalized spacial score (nSPS) is 12.5. The van der Waals surface area contributed by atoms with Crippen LogP contribution in [0.3, 0.4) is 0 Å². The SMILES string of the molecule is COCC(CCCl)Nc1ccc(C)cn1. The molecule has 1 heterocycles. The second-order valence-electron chi connectivity index (χ2n) is 3.50. The van der Waals surface area contributed by atoms with Crippen molar-refractivity contribution in [2.45, 2.75) is 19.4 Å². The van der Waals surface area contributed by atoms with Crippen molar-refractivity contribution in [3.05, 3.63) is 23.9 Å². The van der Waals surface area contributed by atoms with Crippen LogP contribution in [0.2, 0.25) is 0 Å². The lowest BCUT2D eigenvalue weighted by atomic mass is 10.2. The van der Waals surface area contributed by atoms with Gasteiger partial charge >= 0.3 is 0 Å². The maximum absolute atomic E-state index is 5.71. The summed E-state index contributed by atoms with van der Waals surface area (Å²) in [5.41, 5.74) is 1.15. The molecule has 0 radical (unpaired) electrons. The molecular weight excluding hydrogens is 212 g/mol. The molecule has 4 heteroatoms. The summed E-state index contributed by atoms with van der Waals surface area (Å²) in [6.45, 7) is 2.66.